The average Bonchev–Trinajstić information content (AvgIpc) is 2.31. The number of ether oxygens (including phenoxy) is 1. The fourth-order valence-electron chi connectivity index (χ4n) is 1.35. The number of aromatic nitrogens is 2. The third-order valence-electron chi connectivity index (χ3n) is 2.24. The van der Waals surface area contributed by atoms with E-state index >= 15 is 0 Å². The van der Waals surface area contributed by atoms with Gasteiger partial charge in [-0.15, -0.1) is 0 Å². The lowest BCUT2D eigenvalue weighted by Gasteiger charge is -2.08. The molecule has 0 aliphatic heterocycles. The van der Waals surface area contributed by atoms with Gasteiger partial charge in [0.15, 0.2) is 0 Å². The predicted molar refractivity (Wildman–Crippen MR) is 78.0 cm³/mol. The van der Waals surface area contributed by atoms with Crippen molar-refractivity contribution in [3.05, 3.63) is 45.2 Å². The van der Waals surface area contributed by atoms with Crippen LogP contribution in [0.1, 0.15) is 25.6 Å². The van der Waals surface area contributed by atoms with Crippen LogP contribution < -0.4 is 4.74 Å². The molecular weight excluding hydrogens is 360 g/mol. The van der Waals surface area contributed by atoms with Crippen LogP contribution in [0.3, 0.4) is 0 Å². The molecule has 3 nitrogen and oxygen atoms in total. The number of rotatable bonds is 3. The van der Waals surface area contributed by atoms with Crippen LogP contribution >= 0.6 is 31.9 Å². The lowest BCUT2D eigenvalue weighted by atomic mass is 10.2. The Balaban J connectivity index is 2.26. The van der Waals surface area contributed by atoms with E-state index in [1.165, 1.54) is 0 Å². The minimum Gasteiger partial charge on any atom is -0.439 e. The second kappa shape index (κ2) is 5.80. The predicted octanol–water partition coefficient (Wildman–Crippen LogP) is 4.92. The summed E-state index contributed by atoms with van der Waals surface area (Å²) in [6.45, 7) is 4.09. The van der Waals surface area contributed by atoms with Gasteiger partial charge in [-0.2, -0.15) is 4.98 Å². The normalized spacial score (nSPS) is 10.7. The summed E-state index contributed by atoms with van der Waals surface area (Å²) in [7, 11) is 0. The van der Waals surface area contributed by atoms with Crippen molar-refractivity contribution >= 4 is 31.9 Å². The van der Waals surface area contributed by atoms with Crippen LogP contribution in [0.4, 0.5) is 0 Å². The molecule has 0 fully saturated rings. The van der Waals surface area contributed by atoms with E-state index in [0.29, 0.717) is 5.88 Å². The van der Waals surface area contributed by atoms with Crippen molar-refractivity contribution in [2.75, 3.05) is 0 Å². The Kier molecular flexibility index (Phi) is 4.35. The highest BCUT2D eigenvalue weighted by Gasteiger charge is 2.08. The highest BCUT2D eigenvalue weighted by Crippen LogP contribution is 2.25. The van der Waals surface area contributed by atoms with Crippen LogP contribution in [-0.4, -0.2) is 9.97 Å². The molecule has 1 heterocycles. The summed E-state index contributed by atoms with van der Waals surface area (Å²) in [5, 5.41) is 0. The molecule has 0 N–H and O–H groups in total. The van der Waals surface area contributed by atoms with Crippen molar-refractivity contribution in [2.24, 2.45) is 0 Å². The third kappa shape index (κ3) is 3.53. The number of hydrogen-bond donors (Lipinski definition) is 0. The van der Waals surface area contributed by atoms with Crippen LogP contribution in [0.5, 0.6) is 11.6 Å². The van der Waals surface area contributed by atoms with Crippen molar-refractivity contribution in [3.63, 3.8) is 0 Å². The van der Waals surface area contributed by atoms with Crippen LogP contribution in [0.15, 0.2) is 39.4 Å². The molecule has 0 saturated carbocycles. The molecule has 0 amide bonds. The molecule has 2 aromatic rings. The van der Waals surface area contributed by atoms with Gasteiger partial charge in [0.25, 0.3) is 0 Å². The van der Waals surface area contributed by atoms with Crippen molar-refractivity contribution in [3.8, 4) is 11.6 Å². The molecule has 0 aliphatic rings. The van der Waals surface area contributed by atoms with E-state index in [0.717, 1.165) is 20.6 Å². The average molecular weight is 372 g/mol. The fraction of sp³-hybridized carbons (Fsp3) is 0.231. The molecule has 2 rings (SSSR count). The first kappa shape index (κ1) is 13.5. The second-order valence-electron chi connectivity index (χ2n) is 4.10. The maximum absolute atomic E-state index is 5.70. The first-order valence-corrected chi connectivity index (χ1v) is 7.11. The molecule has 0 unspecified atom stereocenters. The maximum atomic E-state index is 5.70. The van der Waals surface area contributed by atoms with Crippen LogP contribution in [-0.2, 0) is 0 Å². The first-order valence-electron chi connectivity index (χ1n) is 5.52. The summed E-state index contributed by atoms with van der Waals surface area (Å²) in [5.41, 5.74) is 0. The molecule has 0 saturated heterocycles. The van der Waals surface area contributed by atoms with Gasteiger partial charge in [-0.05, 0) is 40.2 Å². The van der Waals surface area contributed by atoms with Gasteiger partial charge in [-0.25, -0.2) is 4.98 Å². The smallest absolute Gasteiger partial charge is 0.223 e. The van der Waals surface area contributed by atoms with Crippen LogP contribution in [0.25, 0.3) is 0 Å². The summed E-state index contributed by atoms with van der Waals surface area (Å²) < 4.78 is 7.45. The quantitative estimate of drug-likeness (QED) is 0.718. The van der Waals surface area contributed by atoms with E-state index in [9.17, 15) is 0 Å². The van der Waals surface area contributed by atoms with Gasteiger partial charge in [0.2, 0.25) is 5.88 Å². The summed E-state index contributed by atoms with van der Waals surface area (Å²) in [6, 6.07) is 9.38. The summed E-state index contributed by atoms with van der Waals surface area (Å²) in [4.78, 5) is 8.68. The van der Waals surface area contributed by atoms with Crippen LogP contribution in [0.2, 0.25) is 0 Å². The monoisotopic (exact) mass is 370 g/mol. The van der Waals surface area contributed by atoms with Gasteiger partial charge in [-0.1, -0.05) is 29.8 Å². The minimum absolute atomic E-state index is 0.259. The van der Waals surface area contributed by atoms with Crippen molar-refractivity contribution in [1.82, 2.24) is 9.97 Å². The molecule has 94 valence electrons. The number of halogens is 2. The number of nitrogens with zero attached hydrogens (tertiary/aromatic N) is 2. The van der Waals surface area contributed by atoms with Gasteiger partial charge in [0, 0.05) is 16.5 Å². The standard InChI is InChI=1S/C13H12Br2N2O/c1-8(2)13-16-11(15)7-12(17-13)18-10-5-3-9(14)4-6-10/h3-8H,1-2H3. The van der Waals surface area contributed by atoms with Crippen LogP contribution in [0, 0.1) is 0 Å². The van der Waals surface area contributed by atoms with Gasteiger partial charge in [0.1, 0.15) is 16.2 Å². The Bertz CT molecular complexity index is 541. The second-order valence-corrected chi connectivity index (χ2v) is 5.83. The Morgan fingerprint density at radius 2 is 1.72 bits per heavy atom. The highest BCUT2D eigenvalue weighted by molar-refractivity contribution is 9.10. The van der Waals surface area contributed by atoms with Gasteiger partial charge >= 0.3 is 0 Å². The Morgan fingerprint density at radius 3 is 2.33 bits per heavy atom. The minimum atomic E-state index is 0.259. The lowest BCUT2D eigenvalue weighted by molar-refractivity contribution is 0.456. The zero-order chi connectivity index (χ0) is 13.1. The summed E-state index contributed by atoms with van der Waals surface area (Å²) >= 11 is 6.75. The first-order chi connectivity index (χ1) is 8.54. The largest absolute Gasteiger partial charge is 0.439 e. The van der Waals surface area contributed by atoms with Gasteiger partial charge in [0.05, 0.1) is 0 Å². The zero-order valence-electron chi connectivity index (χ0n) is 10.0. The molecule has 1 aromatic carbocycles. The van der Waals surface area contributed by atoms with E-state index in [-0.39, 0.29) is 5.92 Å². The molecule has 5 heteroatoms. The topological polar surface area (TPSA) is 35.0 Å². The Labute approximate surface area is 123 Å². The summed E-state index contributed by atoms with van der Waals surface area (Å²) in [6.07, 6.45) is 0. The number of benzene rings is 1. The molecule has 1 aromatic heterocycles. The molecule has 18 heavy (non-hydrogen) atoms. The maximum Gasteiger partial charge on any atom is 0.223 e. The van der Waals surface area contributed by atoms with Gasteiger partial charge < -0.3 is 4.74 Å². The van der Waals surface area contributed by atoms with E-state index in [1.54, 1.807) is 6.07 Å². The number of hydrogen-bond acceptors (Lipinski definition) is 3. The molecule has 0 bridgehead atoms. The highest BCUT2D eigenvalue weighted by atomic mass is 79.9. The lowest BCUT2D eigenvalue weighted by Crippen LogP contribution is -1.99. The Morgan fingerprint density at radius 1 is 1.06 bits per heavy atom. The van der Waals surface area contributed by atoms with Gasteiger partial charge in [-0.3, -0.25) is 0 Å². The SMILES string of the molecule is CC(C)c1nc(Br)cc(Oc2ccc(Br)cc2)n1. The van der Waals surface area contributed by atoms with E-state index in [2.05, 4.69) is 41.8 Å². The van der Waals surface area contributed by atoms with Crippen molar-refractivity contribution in [2.45, 2.75) is 19.8 Å². The van der Waals surface area contributed by atoms with E-state index in [1.807, 2.05) is 38.1 Å². The van der Waals surface area contributed by atoms with Crippen molar-refractivity contribution in [1.29, 1.82) is 0 Å². The summed E-state index contributed by atoms with van der Waals surface area (Å²) in [5.74, 6) is 2.31. The fourth-order valence-corrected chi connectivity index (χ4v) is 1.99. The van der Waals surface area contributed by atoms with E-state index < -0.39 is 0 Å². The molecule has 0 atom stereocenters. The molecular formula is C13H12Br2N2O. The third-order valence-corrected chi connectivity index (χ3v) is 3.18. The van der Waals surface area contributed by atoms with Crippen molar-refractivity contribution < 1.29 is 4.74 Å². The van der Waals surface area contributed by atoms with E-state index in [4.69, 9.17) is 4.74 Å². The molecule has 0 radical (unpaired) electrons. The Hall–Kier alpha value is -0.940. The molecule has 0 spiro atoms. The zero-order valence-corrected chi connectivity index (χ0v) is 13.2. The molecule has 0 aliphatic carbocycles.